The zero-order chi connectivity index (χ0) is 14.0. The molecule has 1 atom stereocenters. The molecule has 0 aromatic heterocycles. The molecule has 1 unspecified atom stereocenters. The minimum atomic E-state index is -1.94. The van der Waals surface area contributed by atoms with E-state index in [0.29, 0.717) is 19.8 Å². The molecule has 4 nitrogen and oxygen atoms in total. The van der Waals surface area contributed by atoms with Gasteiger partial charge in [0.05, 0.1) is 0 Å². The normalized spacial score (nSPS) is 14.2. The Hall–Kier alpha value is 0.0569. The molecule has 110 valence electrons. The predicted octanol–water partition coefficient (Wildman–Crippen LogP) is 2.34. The lowest BCUT2D eigenvalue weighted by Gasteiger charge is -2.27. The maximum Gasteiger partial charge on any atom is 0.484 e. The van der Waals surface area contributed by atoms with Crippen LogP contribution in [0.3, 0.4) is 0 Å². The van der Waals surface area contributed by atoms with Crippen molar-refractivity contribution >= 4 is 9.53 Å². The molecule has 0 fully saturated rings. The van der Waals surface area contributed by atoms with Crippen molar-refractivity contribution < 1.29 is 13.3 Å². The van der Waals surface area contributed by atoms with Gasteiger partial charge in [0.1, 0.15) is 0 Å². The fourth-order valence-corrected chi connectivity index (χ4v) is 3.02. The van der Waals surface area contributed by atoms with Gasteiger partial charge >= 0.3 is 9.53 Å². The van der Waals surface area contributed by atoms with E-state index in [2.05, 4.69) is 20.8 Å². The van der Waals surface area contributed by atoms with Crippen molar-refractivity contribution in [2.75, 3.05) is 19.8 Å². The molecule has 0 bridgehead atoms. The monoisotopic (exact) mass is 277 g/mol. The molecule has 2 N–H and O–H groups in total. The van der Waals surface area contributed by atoms with E-state index in [1.165, 1.54) is 0 Å². The van der Waals surface area contributed by atoms with Gasteiger partial charge in [0.25, 0.3) is 0 Å². The van der Waals surface area contributed by atoms with Gasteiger partial charge in [0.15, 0.2) is 0 Å². The van der Waals surface area contributed by atoms with Crippen LogP contribution in [0.4, 0.5) is 0 Å². The van der Waals surface area contributed by atoms with E-state index in [-0.39, 0.29) is 11.5 Å². The highest BCUT2D eigenvalue weighted by molar-refractivity contribution is 6.36. The highest BCUT2D eigenvalue weighted by atomic mass is 28.3. The summed E-state index contributed by atoms with van der Waals surface area (Å²) in [6, 6.07) is 0. The lowest BCUT2D eigenvalue weighted by atomic mass is 9.87. The lowest BCUT2D eigenvalue weighted by Crippen LogP contribution is -2.33. The Kier molecular flexibility index (Phi) is 9.95. The van der Waals surface area contributed by atoms with Crippen LogP contribution in [0.25, 0.3) is 0 Å². The standard InChI is InChI=1S/C13H31NO3Si/c1-6-12(9-10-13(4,5)11-14)17-18(15-7-2)16-8-3/h12,18H,6-11,14H2,1-5H3. The molecule has 0 aliphatic rings. The molecule has 0 aliphatic carbocycles. The van der Waals surface area contributed by atoms with Crippen LogP contribution in [0.1, 0.15) is 53.9 Å². The minimum absolute atomic E-state index is 0.186. The fraction of sp³-hybridized carbons (Fsp3) is 1.00. The Morgan fingerprint density at radius 2 is 1.67 bits per heavy atom. The molecular weight excluding hydrogens is 246 g/mol. The topological polar surface area (TPSA) is 53.7 Å². The summed E-state index contributed by atoms with van der Waals surface area (Å²) in [5, 5.41) is 0. The van der Waals surface area contributed by atoms with E-state index in [4.69, 9.17) is 19.0 Å². The first-order chi connectivity index (χ1) is 8.49. The Balaban J connectivity index is 4.14. The summed E-state index contributed by atoms with van der Waals surface area (Å²) in [5.41, 5.74) is 5.93. The average Bonchev–Trinajstić information content (AvgIpc) is 2.35. The second-order valence-corrected chi connectivity index (χ2v) is 6.79. The van der Waals surface area contributed by atoms with Gasteiger partial charge in [-0.1, -0.05) is 20.8 Å². The predicted molar refractivity (Wildman–Crippen MR) is 77.6 cm³/mol. The third-order valence-corrected chi connectivity index (χ3v) is 4.88. The molecule has 0 saturated heterocycles. The van der Waals surface area contributed by atoms with Crippen LogP contribution in [-0.4, -0.2) is 35.4 Å². The Labute approximate surface area is 114 Å². The molecular formula is C13H31NO3Si. The number of hydrogen-bond donors (Lipinski definition) is 1. The maximum atomic E-state index is 5.97. The van der Waals surface area contributed by atoms with Gasteiger partial charge in [-0.15, -0.1) is 0 Å². The van der Waals surface area contributed by atoms with Crippen LogP contribution in [0, 0.1) is 5.41 Å². The quantitative estimate of drug-likeness (QED) is 0.589. The summed E-state index contributed by atoms with van der Waals surface area (Å²) in [7, 11) is -1.94. The van der Waals surface area contributed by atoms with E-state index in [1.54, 1.807) is 0 Å². The molecule has 0 aromatic carbocycles. The first-order valence-electron chi connectivity index (χ1n) is 7.07. The molecule has 0 aromatic rings. The van der Waals surface area contributed by atoms with Crippen LogP contribution in [0.15, 0.2) is 0 Å². The minimum Gasteiger partial charge on any atom is -0.376 e. The lowest BCUT2D eigenvalue weighted by molar-refractivity contribution is 0.0523. The molecule has 5 heteroatoms. The van der Waals surface area contributed by atoms with E-state index in [9.17, 15) is 0 Å². The zero-order valence-corrected chi connectivity index (χ0v) is 13.9. The number of nitrogens with two attached hydrogens (primary N) is 1. The first kappa shape index (κ1) is 18.1. The third-order valence-electron chi connectivity index (χ3n) is 3.06. The third kappa shape index (κ3) is 8.21. The molecule has 0 saturated carbocycles. The zero-order valence-electron chi connectivity index (χ0n) is 12.7. The van der Waals surface area contributed by atoms with Gasteiger partial charge in [-0.05, 0) is 45.1 Å². The van der Waals surface area contributed by atoms with E-state index >= 15 is 0 Å². The van der Waals surface area contributed by atoms with E-state index in [0.717, 1.165) is 19.3 Å². The highest BCUT2D eigenvalue weighted by Gasteiger charge is 2.22. The van der Waals surface area contributed by atoms with E-state index < -0.39 is 9.53 Å². The summed E-state index contributed by atoms with van der Waals surface area (Å²) in [6.07, 6.45) is 3.31. The highest BCUT2D eigenvalue weighted by Crippen LogP contribution is 2.23. The molecule has 0 rings (SSSR count). The second-order valence-electron chi connectivity index (χ2n) is 5.27. The summed E-state index contributed by atoms with van der Waals surface area (Å²) in [5.74, 6) is 0. The van der Waals surface area contributed by atoms with Crippen LogP contribution in [0.2, 0.25) is 0 Å². The second kappa shape index (κ2) is 9.92. The van der Waals surface area contributed by atoms with Crippen molar-refractivity contribution in [3.8, 4) is 0 Å². The van der Waals surface area contributed by atoms with Gasteiger partial charge in [-0.25, -0.2) is 0 Å². The molecule has 0 heterocycles. The van der Waals surface area contributed by atoms with Crippen molar-refractivity contribution in [2.24, 2.45) is 11.1 Å². The van der Waals surface area contributed by atoms with Crippen LogP contribution in [-0.2, 0) is 13.3 Å². The number of rotatable bonds is 11. The SMILES string of the molecule is CCO[SiH](OCC)OC(CC)CCC(C)(C)CN. The van der Waals surface area contributed by atoms with Crippen LogP contribution < -0.4 is 5.73 Å². The maximum absolute atomic E-state index is 5.97. The van der Waals surface area contributed by atoms with Gasteiger partial charge in [-0.3, -0.25) is 0 Å². The summed E-state index contributed by atoms with van der Waals surface area (Å²) < 4.78 is 17.1. The van der Waals surface area contributed by atoms with Crippen molar-refractivity contribution in [1.29, 1.82) is 0 Å². The molecule has 0 radical (unpaired) electrons. The smallest absolute Gasteiger partial charge is 0.376 e. The molecule has 0 aliphatic heterocycles. The Morgan fingerprint density at radius 1 is 1.11 bits per heavy atom. The van der Waals surface area contributed by atoms with Crippen molar-refractivity contribution in [2.45, 2.75) is 60.0 Å². The Morgan fingerprint density at radius 3 is 2.06 bits per heavy atom. The van der Waals surface area contributed by atoms with Gasteiger partial charge in [-0.2, -0.15) is 0 Å². The summed E-state index contributed by atoms with van der Waals surface area (Å²) in [6.45, 7) is 12.5. The average molecular weight is 277 g/mol. The van der Waals surface area contributed by atoms with E-state index in [1.807, 2.05) is 13.8 Å². The molecule has 18 heavy (non-hydrogen) atoms. The van der Waals surface area contributed by atoms with Gasteiger partial charge in [0, 0.05) is 19.3 Å². The van der Waals surface area contributed by atoms with Crippen molar-refractivity contribution in [3.05, 3.63) is 0 Å². The van der Waals surface area contributed by atoms with Crippen molar-refractivity contribution in [3.63, 3.8) is 0 Å². The summed E-state index contributed by atoms with van der Waals surface area (Å²) in [4.78, 5) is 0. The Bertz CT molecular complexity index is 197. The molecule has 0 spiro atoms. The van der Waals surface area contributed by atoms with Crippen molar-refractivity contribution in [1.82, 2.24) is 0 Å². The van der Waals surface area contributed by atoms with Crippen LogP contribution in [0.5, 0.6) is 0 Å². The van der Waals surface area contributed by atoms with Gasteiger partial charge < -0.3 is 19.0 Å². The van der Waals surface area contributed by atoms with Crippen LogP contribution >= 0.6 is 0 Å². The largest absolute Gasteiger partial charge is 0.484 e. The summed E-state index contributed by atoms with van der Waals surface area (Å²) >= 11 is 0. The first-order valence-corrected chi connectivity index (χ1v) is 8.49. The van der Waals surface area contributed by atoms with Gasteiger partial charge in [0.2, 0.25) is 0 Å². The molecule has 0 amide bonds. The number of hydrogen-bond acceptors (Lipinski definition) is 4. The fourth-order valence-electron chi connectivity index (χ4n) is 1.58.